The molecule has 2 aromatic heterocycles. The predicted octanol–water partition coefficient (Wildman–Crippen LogP) is -0.420. The summed E-state index contributed by atoms with van der Waals surface area (Å²) >= 11 is 0.377. The Morgan fingerprint density at radius 3 is 3.14 bits per heavy atom. The first-order chi connectivity index (χ1) is 6.68. The van der Waals surface area contributed by atoms with Crippen LogP contribution in [-0.2, 0) is 11.2 Å². The molecule has 5 N–H and O–H groups in total. The van der Waals surface area contributed by atoms with Crippen molar-refractivity contribution in [1.29, 1.82) is 0 Å². The molecule has 0 aliphatic carbocycles. The SMILES string of the molecule is NC(=O)[C@@H](N)Cc1c[nH]c2cc[se]c12. The normalized spacial score (nSPS) is 13.2. The Morgan fingerprint density at radius 1 is 1.64 bits per heavy atom. The number of aromatic nitrogens is 1. The predicted molar refractivity (Wildman–Crippen MR) is 56.1 cm³/mol. The summed E-state index contributed by atoms with van der Waals surface area (Å²) in [6.07, 6.45) is 2.45. The number of fused-ring (bicyclic) bond motifs is 1. The third kappa shape index (κ3) is 1.62. The summed E-state index contributed by atoms with van der Waals surface area (Å²) in [5.74, 6) is -0.446. The molecule has 2 rings (SSSR count). The van der Waals surface area contributed by atoms with Crippen LogP contribution < -0.4 is 11.5 Å². The van der Waals surface area contributed by atoms with Gasteiger partial charge >= 0.3 is 86.7 Å². The molecule has 4 nitrogen and oxygen atoms in total. The molecule has 0 bridgehead atoms. The monoisotopic (exact) mass is 257 g/mol. The molecule has 1 amide bonds. The third-order valence-corrected chi connectivity index (χ3v) is 4.24. The van der Waals surface area contributed by atoms with Gasteiger partial charge in [-0.15, -0.1) is 0 Å². The second-order valence-electron chi connectivity index (χ2n) is 3.19. The number of aromatic amines is 1. The Hall–Kier alpha value is -1.03. The van der Waals surface area contributed by atoms with Gasteiger partial charge in [0.1, 0.15) is 0 Å². The van der Waals surface area contributed by atoms with Crippen molar-refractivity contribution < 1.29 is 4.79 Å². The van der Waals surface area contributed by atoms with Crippen LogP contribution in [0.25, 0.3) is 9.78 Å². The van der Waals surface area contributed by atoms with Crippen LogP contribution in [0.3, 0.4) is 0 Å². The van der Waals surface area contributed by atoms with Gasteiger partial charge in [-0.1, -0.05) is 0 Å². The molecule has 0 spiro atoms. The van der Waals surface area contributed by atoms with Crippen LogP contribution in [0.2, 0.25) is 0 Å². The first-order valence-electron chi connectivity index (χ1n) is 4.27. The summed E-state index contributed by atoms with van der Waals surface area (Å²) in [6.45, 7) is 0. The molecule has 5 heteroatoms. The molecule has 1 atom stereocenters. The number of hydrogen-bond donors (Lipinski definition) is 3. The van der Waals surface area contributed by atoms with Crippen molar-refractivity contribution in [2.45, 2.75) is 12.5 Å². The Kier molecular flexibility index (Phi) is 2.46. The molecule has 0 aliphatic rings. The van der Waals surface area contributed by atoms with Crippen molar-refractivity contribution in [1.82, 2.24) is 4.98 Å². The van der Waals surface area contributed by atoms with E-state index in [9.17, 15) is 4.79 Å². The van der Waals surface area contributed by atoms with E-state index in [2.05, 4.69) is 16.0 Å². The average Bonchev–Trinajstić information content (AvgIpc) is 2.69. The first kappa shape index (κ1) is 9.52. The fourth-order valence-corrected chi connectivity index (χ4v) is 3.25. The fraction of sp³-hybridized carbons (Fsp3) is 0.222. The van der Waals surface area contributed by atoms with E-state index in [1.807, 2.05) is 6.20 Å². The Bertz CT molecular complexity index is 459. The average molecular weight is 256 g/mol. The van der Waals surface area contributed by atoms with E-state index >= 15 is 0 Å². The van der Waals surface area contributed by atoms with Gasteiger partial charge < -0.3 is 0 Å². The third-order valence-electron chi connectivity index (χ3n) is 2.16. The van der Waals surface area contributed by atoms with Crippen LogP contribution in [0.1, 0.15) is 5.56 Å². The second-order valence-corrected chi connectivity index (χ2v) is 5.11. The molecule has 0 unspecified atom stereocenters. The van der Waals surface area contributed by atoms with Crippen molar-refractivity contribution in [3.8, 4) is 0 Å². The van der Waals surface area contributed by atoms with Gasteiger partial charge in [0.15, 0.2) is 0 Å². The zero-order valence-electron chi connectivity index (χ0n) is 7.49. The van der Waals surface area contributed by atoms with Crippen LogP contribution in [0.15, 0.2) is 17.2 Å². The van der Waals surface area contributed by atoms with Crippen molar-refractivity contribution in [3.05, 3.63) is 22.8 Å². The van der Waals surface area contributed by atoms with E-state index in [-0.39, 0.29) is 0 Å². The van der Waals surface area contributed by atoms with E-state index in [4.69, 9.17) is 11.5 Å². The molecule has 0 fully saturated rings. The quantitative estimate of drug-likeness (QED) is 0.651. The number of hydrogen-bond acceptors (Lipinski definition) is 2. The van der Waals surface area contributed by atoms with Gasteiger partial charge in [0.2, 0.25) is 0 Å². The number of H-pyrrole nitrogens is 1. The van der Waals surface area contributed by atoms with Crippen LogP contribution in [0, 0.1) is 0 Å². The van der Waals surface area contributed by atoms with Crippen LogP contribution in [0.5, 0.6) is 0 Å². The molecule has 2 aromatic rings. The Labute approximate surface area is 87.0 Å². The molecule has 74 valence electrons. The summed E-state index contributed by atoms with van der Waals surface area (Å²) in [7, 11) is 0. The summed E-state index contributed by atoms with van der Waals surface area (Å²) in [5.41, 5.74) is 13.0. The maximum atomic E-state index is 10.8. The van der Waals surface area contributed by atoms with Crippen LogP contribution in [0.4, 0.5) is 0 Å². The number of nitrogens with one attached hydrogen (secondary N) is 1. The molecular weight excluding hydrogens is 245 g/mol. The number of amides is 1. The fourth-order valence-electron chi connectivity index (χ4n) is 1.39. The molecule has 0 radical (unpaired) electrons. The molecule has 14 heavy (non-hydrogen) atoms. The van der Waals surface area contributed by atoms with Gasteiger partial charge in [-0.3, -0.25) is 0 Å². The van der Waals surface area contributed by atoms with Crippen molar-refractivity contribution >= 4 is 30.2 Å². The van der Waals surface area contributed by atoms with Gasteiger partial charge in [0, 0.05) is 0 Å². The number of carbonyl (C=O) groups excluding carboxylic acids is 1. The maximum absolute atomic E-state index is 10.8. The number of primary amides is 1. The molecule has 0 aliphatic heterocycles. The summed E-state index contributed by atoms with van der Waals surface area (Å²) < 4.78 is 1.30. The zero-order valence-corrected chi connectivity index (χ0v) is 9.20. The van der Waals surface area contributed by atoms with Gasteiger partial charge in [0.05, 0.1) is 0 Å². The summed E-state index contributed by atoms with van der Waals surface area (Å²) in [4.78, 5) is 16.1. The van der Waals surface area contributed by atoms with Gasteiger partial charge in [-0.2, -0.15) is 0 Å². The number of carbonyl (C=O) groups is 1. The second kappa shape index (κ2) is 3.61. The minimum absolute atomic E-state index is 0.377. The van der Waals surface area contributed by atoms with Crippen molar-refractivity contribution in [2.24, 2.45) is 11.5 Å². The first-order valence-corrected chi connectivity index (χ1v) is 6.11. The topological polar surface area (TPSA) is 84.9 Å². The Balaban J connectivity index is 2.27. The van der Waals surface area contributed by atoms with E-state index in [1.54, 1.807) is 0 Å². The number of rotatable bonds is 3. The van der Waals surface area contributed by atoms with Crippen LogP contribution >= 0.6 is 0 Å². The standard InChI is InChI=1S/C9H11N3OSe/c10-6(9(11)13)3-5-4-12-7-1-2-14-8(5)7/h1-2,4,6,12H,3,10H2,(H2,11,13)/t6-/m0/s1. The Morgan fingerprint density at radius 2 is 2.43 bits per heavy atom. The zero-order chi connectivity index (χ0) is 10.1. The van der Waals surface area contributed by atoms with E-state index < -0.39 is 11.9 Å². The summed E-state index contributed by atoms with van der Waals surface area (Å²) in [5, 5.41) is 0. The molecular formula is C9H11N3OSe. The van der Waals surface area contributed by atoms with Gasteiger partial charge in [0.25, 0.3) is 0 Å². The van der Waals surface area contributed by atoms with E-state index in [0.29, 0.717) is 20.9 Å². The summed E-state index contributed by atoms with van der Waals surface area (Å²) in [6, 6.07) is 1.49. The van der Waals surface area contributed by atoms with Gasteiger partial charge in [-0.05, 0) is 0 Å². The number of nitrogens with two attached hydrogens (primary N) is 2. The minimum atomic E-state index is -0.578. The van der Waals surface area contributed by atoms with E-state index in [0.717, 1.165) is 11.1 Å². The van der Waals surface area contributed by atoms with Gasteiger partial charge in [-0.25, -0.2) is 0 Å². The van der Waals surface area contributed by atoms with Crippen molar-refractivity contribution in [2.75, 3.05) is 0 Å². The molecule has 0 aromatic carbocycles. The molecule has 2 heterocycles. The molecule has 0 saturated carbocycles. The van der Waals surface area contributed by atoms with Crippen LogP contribution in [-0.4, -0.2) is 31.4 Å². The van der Waals surface area contributed by atoms with Crippen molar-refractivity contribution in [3.63, 3.8) is 0 Å². The molecule has 0 saturated heterocycles. The van der Waals surface area contributed by atoms with E-state index in [1.165, 1.54) is 4.26 Å².